The molecule has 0 aliphatic heterocycles. The summed E-state index contributed by atoms with van der Waals surface area (Å²) >= 11 is 0. The average molecular weight is 236 g/mol. The molecule has 6 nitrogen and oxygen atoms in total. The molecule has 17 heavy (non-hydrogen) atoms. The van der Waals surface area contributed by atoms with Crippen LogP contribution in [0.25, 0.3) is 0 Å². The molecule has 0 aromatic carbocycles. The van der Waals surface area contributed by atoms with Gasteiger partial charge in [-0.05, 0) is 6.92 Å². The van der Waals surface area contributed by atoms with Crippen molar-refractivity contribution in [2.24, 2.45) is 0 Å². The van der Waals surface area contributed by atoms with Gasteiger partial charge in [-0.25, -0.2) is 0 Å². The molecule has 0 radical (unpaired) electrons. The van der Waals surface area contributed by atoms with E-state index in [1.54, 1.807) is 6.07 Å². The summed E-state index contributed by atoms with van der Waals surface area (Å²) in [6.45, 7) is 3.29. The van der Waals surface area contributed by atoms with E-state index in [2.05, 4.69) is 16.0 Å². The Balaban J connectivity index is 2.97. The van der Waals surface area contributed by atoms with Crippen molar-refractivity contribution in [2.45, 2.75) is 13.3 Å². The highest BCUT2D eigenvalue weighted by Crippen LogP contribution is 2.19. The van der Waals surface area contributed by atoms with E-state index >= 15 is 0 Å². The number of nitriles is 1. The Morgan fingerprint density at radius 2 is 1.88 bits per heavy atom. The molecule has 0 amide bonds. The number of rotatable bonds is 6. The molecule has 0 N–H and O–H groups in total. The van der Waals surface area contributed by atoms with E-state index < -0.39 is 0 Å². The Morgan fingerprint density at radius 1 is 1.29 bits per heavy atom. The summed E-state index contributed by atoms with van der Waals surface area (Å²) in [7, 11) is 3.08. The van der Waals surface area contributed by atoms with Gasteiger partial charge in [-0.3, -0.25) is 0 Å². The quantitative estimate of drug-likeness (QED) is 0.739. The molecule has 0 saturated heterocycles. The fourth-order valence-electron chi connectivity index (χ4n) is 1.33. The number of methoxy groups -OCH3 is 2. The van der Waals surface area contributed by atoms with Crippen LogP contribution in [0.4, 0.5) is 5.95 Å². The number of ether oxygens (including phenoxy) is 2. The topological polar surface area (TPSA) is 71.3 Å². The molecule has 0 bridgehead atoms. The normalized spacial score (nSPS) is 9.53. The van der Waals surface area contributed by atoms with Gasteiger partial charge in [-0.15, -0.1) is 0 Å². The van der Waals surface area contributed by atoms with Crippen LogP contribution in [-0.4, -0.2) is 37.3 Å². The Bertz CT molecular complexity index is 381. The minimum absolute atomic E-state index is 0.427. The molecule has 0 atom stereocenters. The van der Waals surface area contributed by atoms with E-state index in [0.29, 0.717) is 30.7 Å². The lowest BCUT2D eigenvalue weighted by Crippen LogP contribution is -2.26. The average Bonchev–Trinajstić information content (AvgIpc) is 2.39. The maximum Gasteiger partial charge on any atom is 0.231 e. The lowest BCUT2D eigenvalue weighted by atomic mass is 10.4. The van der Waals surface area contributed by atoms with Gasteiger partial charge >= 0.3 is 0 Å². The van der Waals surface area contributed by atoms with E-state index in [0.717, 1.165) is 6.54 Å². The zero-order chi connectivity index (χ0) is 12.7. The molecule has 1 heterocycles. The van der Waals surface area contributed by atoms with E-state index in [1.165, 1.54) is 14.2 Å². The second-order valence-corrected chi connectivity index (χ2v) is 3.24. The number of aromatic nitrogens is 2. The first-order valence-electron chi connectivity index (χ1n) is 5.34. The first-order chi connectivity index (χ1) is 8.24. The Labute approximate surface area is 101 Å². The van der Waals surface area contributed by atoms with Crippen molar-refractivity contribution in [3.05, 3.63) is 6.07 Å². The van der Waals surface area contributed by atoms with E-state index in [4.69, 9.17) is 14.7 Å². The maximum atomic E-state index is 8.59. The summed E-state index contributed by atoms with van der Waals surface area (Å²) < 4.78 is 10.1. The number of anilines is 1. The van der Waals surface area contributed by atoms with Crippen LogP contribution in [0.1, 0.15) is 13.3 Å². The van der Waals surface area contributed by atoms with Crippen molar-refractivity contribution in [1.29, 1.82) is 5.26 Å². The standard InChI is InChI=1S/C11H16N4O2/c1-4-15(7-5-6-12)11-13-9(16-2)8-10(14-11)17-3/h8H,4-5,7H2,1-3H3. The van der Waals surface area contributed by atoms with Crippen LogP contribution in [0.15, 0.2) is 6.07 Å². The molecule has 0 aliphatic rings. The summed E-state index contributed by atoms with van der Waals surface area (Å²) in [6.07, 6.45) is 0.427. The predicted molar refractivity (Wildman–Crippen MR) is 63.3 cm³/mol. The Morgan fingerprint density at radius 3 is 2.29 bits per heavy atom. The number of hydrogen-bond acceptors (Lipinski definition) is 6. The number of nitrogens with zero attached hydrogens (tertiary/aromatic N) is 4. The fraction of sp³-hybridized carbons (Fsp3) is 0.545. The van der Waals surface area contributed by atoms with Crippen LogP contribution >= 0.6 is 0 Å². The molecule has 0 unspecified atom stereocenters. The van der Waals surface area contributed by atoms with Crippen molar-refractivity contribution in [3.8, 4) is 17.8 Å². The van der Waals surface area contributed by atoms with Crippen molar-refractivity contribution < 1.29 is 9.47 Å². The highest BCUT2D eigenvalue weighted by atomic mass is 16.5. The van der Waals surface area contributed by atoms with E-state index in [9.17, 15) is 0 Å². The summed E-state index contributed by atoms with van der Waals surface area (Å²) in [5.41, 5.74) is 0. The Hall–Kier alpha value is -2.03. The van der Waals surface area contributed by atoms with Gasteiger partial charge in [-0.1, -0.05) is 0 Å². The molecular formula is C11H16N4O2. The van der Waals surface area contributed by atoms with Gasteiger partial charge in [0.15, 0.2) is 0 Å². The second-order valence-electron chi connectivity index (χ2n) is 3.24. The van der Waals surface area contributed by atoms with Gasteiger partial charge in [-0.2, -0.15) is 15.2 Å². The summed E-state index contributed by atoms with van der Waals surface area (Å²) in [5.74, 6) is 1.41. The van der Waals surface area contributed by atoms with Gasteiger partial charge in [0, 0.05) is 13.1 Å². The molecule has 1 aromatic heterocycles. The summed E-state index contributed by atoms with van der Waals surface area (Å²) in [5, 5.41) is 8.59. The molecule has 0 aliphatic carbocycles. The van der Waals surface area contributed by atoms with Crippen LogP contribution in [0.3, 0.4) is 0 Å². The highest BCUT2D eigenvalue weighted by molar-refractivity contribution is 5.36. The minimum Gasteiger partial charge on any atom is -0.481 e. The summed E-state index contributed by atoms with van der Waals surface area (Å²) in [4.78, 5) is 10.4. The SMILES string of the molecule is CCN(CCC#N)c1nc(OC)cc(OC)n1. The fourth-order valence-corrected chi connectivity index (χ4v) is 1.33. The van der Waals surface area contributed by atoms with Gasteiger partial charge in [0.2, 0.25) is 17.7 Å². The molecule has 0 saturated carbocycles. The van der Waals surface area contributed by atoms with Gasteiger partial charge in [0.1, 0.15) is 0 Å². The van der Waals surface area contributed by atoms with Gasteiger partial charge < -0.3 is 14.4 Å². The minimum atomic E-state index is 0.427. The predicted octanol–water partition coefficient (Wildman–Crippen LogP) is 1.23. The lowest BCUT2D eigenvalue weighted by molar-refractivity contribution is 0.371. The summed E-state index contributed by atoms with van der Waals surface area (Å²) in [6, 6.07) is 3.71. The lowest BCUT2D eigenvalue weighted by Gasteiger charge is -2.19. The van der Waals surface area contributed by atoms with Crippen LogP contribution in [0.5, 0.6) is 11.8 Å². The van der Waals surface area contributed by atoms with Gasteiger partial charge in [0.05, 0.1) is 32.8 Å². The first-order valence-corrected chi connectivity index (χ1v) is 5.34. The highest BCUT2D eigenvalue weighted by Gasteiger charge is 2.11. The molecule has 1 rings (SSSR count). The molecular weight excluding hydrogens is 220 g/mol. The zero-order valence-electron chi connectivity index (χ0n) is 10.3. The monoisotopic (exact) mass is 236 g/mol. The van der Waals surface area contributed by atoms with Crippen molar-refractivity contribution >= 4 is 5.95 Å². The van der Waals surface area contributed by atoms with E-state index in [-0.39, 0.29) is 0 Å². The molecule has 1 aromatic rings. The molecule has 0 spiro atoms. The maximum absolute atomic E-state index is 8.59. The van der Waals surface area contributed by atoms with Crippen molar-refractivity contribution in [1.82, 2.24) is 9.97 Å². The van der Waals surface area contributed by atoms with Crippen LogP contribution in [0.2, 0.25) is 0 Å². The number of hydrogen-bond donors (Lipinski definition) is 0. The molecule has 6 heteroatoms. The zero-order valence-corrected chi connectivity index (χ0v) is 10.3. The third kappa shape index (κ3) is 3.48. The van der Waals surface area contributed by atoms with Crippen LogP contribution in [-0.2, 0) is 0 Å². The molecule has 92 valence electrons. The van der Waals surface area contributed by atoms with Crippen molar-refractivity contribution in [3.63, 3.8) is 0 Å². The third-order valence-corrected chi connectivity index (χ3v) is 2.24. The van der Waals surface area contributed by atoms with Gasteiger partial charge in [0.25, 0.3) is 0 Å². The molecule has 0 fully saturated rings. The van der Waals surface area contributed by atoms with Crippen LogP contribution in [0, 0.1) is 11.3 Å². The Kier molecular flexibility index (Phi) is 5.01. The largest absolute Gasteiger partial charge is 0.481 e. The second kappa shape index (κ2) is 6.53. The third-order valence-electron chi connectivity index (χ3n) is 2.24. The first kappa shape index (κ1) is 13.0. The van der Waals surface area contributed by atoms with Crippen molar-refractivity contribution in [2.75, 3.05) is 32.2 Å². The smallest absolute Gasteiger partial charge is 0.231 e. The van der Waals surface area contributed by atoms with E-state index in [1.807, 2.05) is 11.8 Å². The van der Waals surface area contributed by atoms with Crippen LogP contribution < -0.4 is 14.4 Å².